The highest BCUT2D eigenvalue weighted by atomic mass is 19.3. The number of alkyl halides is 2. The average Bonchev–Trinajstić information content (AvgIpc) is 2.67. The van der Waals surface area contributed by atoms with Crippen LogP contribution in [0.25, 0.3) is 0 Å². The van der Waals surface area contributed by atoms with Crippen molar-refractivity contribution < 1.29 is 22.7 Å². The number of rotatable bonds is 4. The fourth-order valence-corrected chi connectivity index (χ4v) is 3.41. The molecule has 0 fully saturated rings. The van der Waals surface area contributed by atoms with E-state index in [-0.39, 0.29) is 12.1 Å². The third kappa shape index (κ3) is 3.38. The molecule has 1 atom stereocenters. The highest BCUT2D eigenvalue weighted by molar-refractivity contribution is 5.95. The van der Waals surface area contributed by atoms with Gasteiger partial charge in [-0.25, -0.2) is 9.38 Å². The Bertz CT molecular complexity index is 1070. The summed E-state index contributed by atoms with van der Waals surface area (Å²) in [6, 6.07) is 7.79. The molecular weight excluding hydrogens is 397 g/mol. The fourth-order valence-electron chi connectivity index (χ4n) is 3.41. The van der Waals surface area contributed by atoms with Gasteiger partial charge < -0.3 is 10.5 Å². The topological polar surface area (TPSA) is 101 Å². The Morgan fingerprint density at radius 2 is 1.93 bits per heavy atom. The summed E-state index contributed by atoms with van der Waals surface area (Å²) in [6.07, 6.45) is 1.05. The molecule has 0 spiro atoms. The summed E-state index contributed by atoms with van der Waals surface area (Å²) < 4.78 is 50.1. The van der Waals surface area contributed by atoms with Crippen LogP contribution >= 0.6 is 0 Å². The largest absolute Gasteiger partial charge is 0.453 e. The van der Waals surface area contributed by atoms with E-state index in [2.05, 4.69) is 9.98 Å². The Kier molecular flexibility index (Phi) is 5.06. The summed E-state index contributed by atoms with van der Waals surface area (Å²) in [5, 5.41) is 8.80. The minimum absolute atomic E-state index is 0.103. The van der Waals surface area contributed by atoms with Gasteiger partial charge in [0.25, 0.3) is 6.02 Å². The standard InChI is InChI=1S/C21H19F3N4O2/c1-19(2)21(23,24)20(3,28-18(26)30-19)14-8-12(4-6-15(14)22)9-17(29)16-7-5-13(10-25)11-27-16/h4-8,11H,9H2,1-3H3,(H2,26,28)/t20-/m1/s1. The van der Waals surface area contributed by atoms with Crippen molar-refractivity contribution in [2.24, 2.45) is 10.7 Å². The molecule has 0 bridgehead atoms. The van der Waals surface area contributed by atoms with E-state index in [0.29, 0.717) is 11.1 Å². The first-order chi connectivity index (χ1) is 13.9. The van der Waals surface area contributed by atoms with Crippen molar-refractivity contribution in [3.8, 4) is 6.07 Å². The summed E-state index contributed by atoms with van der Waals surface area (Å²) in [6.45, 7) is 3.37. The monoisotopic (exact) mass is 416 g/mol. The molecular formula is C21H19F3N4O2. The molecule has 0 saturated carbocycles. The number of hydrogen-bond acceptors (Lipinski definition) is 6. The number of amidine groups is 1. The first-order valence-electron chi connectivity index (χ1n) is 9.02. The van der Waals surface area contributed by atoms with Crippen LogP contribution in [0.1, 0.15) is 48.0 Å². The zero-order valence-corrected chi connectivity index (χ0v) is 16.5. The number of hydrogen-bond donors (Lipinski definition) is 1. The number of nitrogens with two attached hydrogens (primary N) is 1. The number of carbonyl (C=O) groups is 1. The molecule has 1 aromatic carbocycles. The predicted molar refractivity (Wildman–Crippen MR) is 102 cm³/mol. The van der Waals surface area contributed by atoms with Gasteiger partial charge in [-0.05, 0) is 50.6 Å². The van der Waals surface area contributed by atoms with Crippen LogP contribution in [0, 0.1) is 17.1 Å². The number of ketones is 1. The van der Waals surface area contributed by atoms with Crippen molar-refractivity contribution in [3.63, 3.8) is 0 Å². The minimum atomic E-state index is -3.61. The molecule has 1 aromatic heterocycles. The molecule has 0 aliphatic carbocycles. The van der Waals surface area contributed by atoms with Gasteiger partial charge >= 0.3 is 5.92 Å². The minimum Gasteiger partial charge on any atom is -0.453 e. The van der Waals surface area contributed by atoms with E-state index in [4.69, 9.17) is 15.7 Å². The molecule has 156 valence electrons. The summed E-state index contributed by atoms with van der Waals surface area (Å²) in [7, 11) is 0. The molecule has 1 aliphatic rings. The van der Waals surface area contributed by atoms with Crippen molar-refractivity contribution in [2.75, 3.05) is 0 Å². The number of ether oxygens (including phenoxy) is 1. The second kappa shape index (κ2) is 7.13. The van der Waals surface area contributed by atoms with Crippen LogP contribution in [0.4, 0.5) is 13.2 Å². The van der Waals surface area contributed by atoms with Crippen molar-refractivity contribution in [3.05, 3.63) is 64.7 Å². The van der Waals surface area contributed by atoms with Crippen molar-refractivity contribution in [2.45, 2.75) is 44.3 Å². The van der Waals surface area contributed by atoms with E-state index >= 15 is 8.78 Å². The van der Waals surface area contributed by atoms with Crippen LogP contribution < -0.4 is 5.73 Å². The number of benzene rings is 1. The smallest absolute Gasteiger partial charge is 0.315 e. The third-order valence-electron chi connectivity index (χ3n) is 5.16. The maximum atomic E-state index is 15.2. The molecule has 0 unspecified atom stereocenters. The van der Waals surface area contributed by atoms with Crippen LogP contribution in [0.15, 0.2) is 41.5 Å². The second-order valence-corrected chi connectivity index (χ2v) is 7.67. The lowest BCUT2D eigenvalue weighted by molar-refractivity contribution is -0.207. The van der Waals surface area contributed by atoms with Gasteiger partial charge in [0.1, 0.15) is 17.6 Å². The Hall–Kier alpha value is -3.41. The first-order valence-corrected chi connectivity index (χ1v) is 9.02. The van der Waals surface area contributed by atoms with E-state index in [1.54, 1.807) is 0 Å². The Morgan fingerprint density at radius 3 is 2.53 bits per heavy atom. The zero-order valence-electron chi connectivity index (χ0n) is 16.5. The number of halogens is 3. The maximum Gasteiger partial charge on any atom is 0.315 e. The van der Waals surface area contributed by atoms with E-state index in [0.717, 1.165) is 26.8 Å². The van der Waals surface area contributed by atoms with Crippen LogP contribution in [-0.2, 0) is 16.7 Å². The molecule has 0 radical (unpaired) electrons. The van der Waals surface area contributed by atoms with Gasteiger partial charge in [0.2, 0.25) is 0 Å². The lowest BCUT2D eigenvalue weighted by Gasteiger charge is -2.46. The molecule has 2 heterocycles. The third-order valence-corrected chi connectivity index (χ3v) is 5.16. The van der Waals surface area contributed by atoms with Crippen molar-refractivity contribution in [1.29, 1.82) is 5.26 Å². The molecule has 3 rings (SSSR count). The van der Waals surface area contributed by atoms with Crippen molar-refractivity contribution in [1.82, 2.24) is 4.98 Å². The van der Waals surface area contributed by atoms with E-state index in [1.165, 1.54) is 30.5 Å². The molecule has 0 amide bonds. The number of aliphatic imine (C=N–C) groups is 1. The van der Waals surface area contributed by atoms with Gasteiger partial charge in [0, 0.05) is 18.2 Å². The van der Waals surface area contributed by atoms with E-state index < -0.39 is 40.2 Å². The number of carbonyl (C=O) groups excluding carboxylic acids is 1. The van der Waals surface area contributed by atoms with Gasteiger partial charge in [-0.3, -0.25) is 9.78 Å². The molecule has 0 saturated heterocycles. The van der Waals surface area contributed by atoms with Crippen LogP contribution in [0.2, 0.25) is 0 Å². The number of pyridine rings is 1. The normalized spacial score (nSPS) is 21.8. The average molecular weight is 416 g/mol. The SMILES string of the molecule is CC1(C)OC(N)=N[C@](C)(c2cc(CC(=O)c3ccc(C#N)cn3)ccc2F)C1(F)F. The summed E-state index contributed by atoms with van der Waals surface area (Å²) in [5.74, 6) is -4.93. The zero-order chi connectivity index (χ0) is 22.3. The van der Waals surface area contributed by atoms with Crippen LogP contribution in [0.3, 0.4) is 0 Å². The molecule has 2 aromatic rings. The lowest BCUT2D eigenvalue weighted by Crippen LogP contribution is -2.62. The molecule has 2 N–H and O–H groups in total. The van der Waals surface area contributed by atoms with Crippen molar-refractivity contribution >= 4 is 11.8 Å². The Balaban J connectivity index is 2.00. The highest BCUT2D eigenvalue weighted by Crippen LogP contribution is 2.51. The van der Waals surface area contributed by atoms with Gasteiger partial charge in [0.05, 0.1) is 5.56 Å². The molecule has 6 nitrogen and oxygen atoms in total. The number of nitrogens with zero attached hydrogens (tertiary/aromatic N) is 3. The van der Waals surface area contributed by atoms with Gasteiger partial charge in [-0.2, -0.15) is 14.0 Å². The van der Waals surface area contributed by atoms with Gasteiger partial charge in [-0.15, -0.1) is 0 Å². The van der Waals surface area contributed by atoms with Gasteiger partial charge in [0.15, 0.2) is 16.9 Å². The van der Waals surface area contributed by atoms with Gasteiger partial charge in [-0.1, -0.05) is 6.07 Å². The highest BCUT2D eigenvalue weighted by Gasteiger charge is 2.66. The first kappa shape index (κ1) is 21.3. The Labute approximate surface area is 171 Å². The summed E-state index contributed by atoms with van der Waals surface area (Å²) in [5.41, 5.74) is 1.53. The molecule has 30 heavy (non-hydrogen) atoms. The molecule has 9 heteroatoms. The number of nitriles is 1. The maximum absolute atomic E-state index is 15.2. The molecule has 1 aliphatic heterocycles. The quantitative estimate of drug-likeness (QED) is 0.769. The Morgan fingerprint density at radius 1 is 1.23 bits per heavy atom. The number of Topliss-reactive ketones (excluding diaryl/α,β-unsaturated/α-hetero) is 1. The van der Waals surface area contributed by atoms with Crippen LogP contribution in [0.5, 0.6) is 0 Å². The summed E-state index contributed by atoms with van der Waals surface area (Å²) >= 11 is 0. The number of aromatic nitrogens is 1. The lowest BCUT2D eigenvalue weighted by atomic mass is 9.76. The fraction of sp³-hybridized carbons (Fsp3) is 0.333. The van der Waals surface area contributed by atoms with Crippen LogP contribution in [-0.4, -0.2) is 28.3 Å². The summed E-state index contributed by atoms with van der Waals surface area (Å²) in [4.78, 5) is 20.2. The van der Waals surface area contributed by atoms with E-state index in [9.17, 15) is 9.18 Å². The van der Waals surface area contributed by atoms with E-state index in [1.807, 2.05) is 6.07 Å². The second-order valence-electron chi connectivity index (χ2n) is 7.67. The predicted octanol–water partition coefficient (Wildman–Crippen LogP) is 3.49.